The lowest BCUT2D eigenvalue weighted by molar-refractivity contribution is -0.142. The highest BCUT2D eigenvalue weighted by Gasteiger charge is 2.47. The number of ketones is 1. The quantitative estimate of drug-likeness (QED) is 0.111. The molecule has 1 aliphatic heterocycles. The van der Waals surface area contributed by atoms with Crippen molar-refractivity contribution in [1.82, 2.24) is 25.2 Å². The number of nitrogens with one attached hydrogen (secondary N) is 3. The molecule has 0 spiro atoms. The third-order valence-corrected chi connectivity index (χ3v) is 13.9. The standard InChI is InChI=1S/C40H66N6O7S/c1-9-12-17-28-22-29(21-27(28)6)34(44-39(51)43-33(25-45(8)54(52,53)11-3)40(7)19-15-14-16-20-40)38(50)46-24-30(26(4)5)23-32(46)37(49)42-31(18-13-10-2)35(47)36(41)48/h9,12,17,26,29-34H,1,10-11,13-16,18-25H2,2-8H3,(H2,41,48)(H,42,49)(H2,43,44,51)/b17-12-/t29?,30-,31?,32+,33-,34+/m1/s1. The molecule has 54 heavy (non-hydrogen) atoms. The van der Waals surface area contributed by atoms with E-state index in [0.29, 0.717) is 25.7 Å². The van der Waals surface area contributed by atoms with Crippen molar-refractivity contribution >= 4 is 39.6 Å². The van der Waals surface area contributed by atoms with Crippen molar-refractivity contribution in [2.24, 2.45) is 28.9 Å². The zero-order chi connectivity index (χ0) is 40.4. The van der Waals surface area contributed by atoms with Crippen molar-refractivity contribution < 1.29 is 32.4 Å². The summed E-state index contributed by atoms with van der Waals surface area (Å²) in [7, 11) is -2.00. The van der Waals surface area contributed by atoms with Crippen LogP contribution in [0.5, 0.6) is 0 Å². The molecule has 0 aromatic carbocycles. The minimum atomic E-state index is -3.53. The summed E-state index contributed by atoms with van der Waals surface area (Å²) in [6, 6.07) is -4.14. The van der Waals surface area contributed by atoms with Crippen LogP contribution in [0.1, 0.15) is 112 Å². The van der Waals surface area contributed by atoms with Crippen LogP contribution in [0.3, 0.4) is 0 Å². The van der Waals surface area contributed by atoms with Crippen LogP contribution in [0.2, 0.25) is 0 Å². The lowest BCUT2D eigenvalue weighted by atomic mass is 9.70. The predicted molar refractivity (Wildman–Crippen MR) is 211 cm³/mol. The molecular formula is C40H66N6O7S. The topological polar surface area (TPSA) is 188 Å². The highest BCUT2D eigenvalue weighted by molar-refractivity contribution is 7.89. The summed E-state index contributed by atoms with van der Waals surface area (Å²) in [4.78, 5) is 69.2. The second kappa shape index (κ2) is 19.9. The van der Waals surface area contributed by atoms with Gasteiger partial charge in [0.05, 0.1) is 11.8 Å². The first kappa shape index (κ1) is 44.9. The Morgan fingerprint density at radius 3 is 2.28 bits per heavy atom. The van der Waals surface area contributed by atoms with Gasteiger partial charge >= 0.3 is 6.03 Å². The SMILES string of the molecule is C=C/C=C\C1=C(C)CC([C@H](NC(=O)N[C@H](CN(C)S(=O)(=O)CC)C2(C)CCCCC2)C(=O)N2C[C@H](C(C)C)C[C@H]2C(=O)NC(CCCC)C(=O)C(N)=O)C1. The van der Waals surface area contributed by atoms with Crippen molar-refractivity contribution in [2.75, 3.05) is 25.9 Å². The first-order valence-corrected chi connectivity index (χ1v) is 21.4. The summed E-state index contributed by atoms with van der Waals surface area (Å²) >= 11 is 0. The van der Waals surface area contributed by atoms with Gasteiger partial charge in [0.1, 0.15) is 12.1 Å². The molecule has 3 aliphatic rings. The Bertz CT molecular complexity index is 1550. The molecule has 1 heterocycles. The molecule has 0 bridgehead atoms. The van der Waals surface area contributed by atoms with E-state index in [0.717, 1.165) is 49.7 Å². The predicted octanol–water partition coefficient (Wildman–Crippen LogP) is 4.35. The fourth-order valence-corrected chi connectivity index (χ4v) is 9.10. The number of sulfonamides is 1. The third-order valence-electron chi connectivity index (χ3n) is 12.1. The van der Waals surface area contributed by atoms with Crippen LogP contribution in [0.4, 0.5) is 4.79 Å². The lowest BCUT2D eigenvalue weighted by Gasteiger charge is -2.42. The summed E-state index contributed by atoms with van der Waals surface area (Å²) < 4.78 is 27.0. The second-order valence-electron chi connectivity index (χ2n) is 16.3. The maximum Gasteiger partial charge on any atom is 0.315 e. The van der Waals surface area contributed by atoms with E-state index < -0.39 is 63.7 Å². The summed E-state index contributed by atoms with van der Waals surface area (Å²) in [5.74, 6) is -3.23. The van der Waals surface area contributed by atoms with Crippen LogP contribution in [0, 0.1) is 23.2 Å². The molecule has 2 aliphatic carbocycles. The van der Waals surface area contributed by atoms with Crippen LogP contribution >= 0.6 is 0 Å². The zero-order valence-corrected chi connectivity index (χ0v) is 34.4. The number of likely N-dealkylation sites (N-methyl/N-ethyl adjacent to an activating group) is 1. The summed E-state index contributed by atoms with van der Waals surface area (Å²) in [6.45, 7) is 15.8. The number of likely N-dealkylation sites (tertiary alicyclic amines) is 1. The molecule has 0 aromatic rings. The molecular weight excluding hydrogens is 709 g/mol. The molecule has 5 amide bonds. The molecule has 2 fully saturated rings. The lowest BCUT2D eigenvalue weighted by Crippen LogP contribution is -2.61. The second-order valence-corrected chi connectivity index (χ2v) is 18.7. The van der Waals surface area contributed by atoms with Gasteiger partial charge in [0, 0.05) is 26.2 Å². The molecule has 1 saturated carbocycles. The molecule has 0 aromatic heterocycles. The number of allylic oxidation sites excluding steroid dienone is 5. The van der Waals surface area contributed by atoms with E-state index in [9.17, 15) is 32.4 Å². The van der Waals surface area contributed by atoms with Gasteiger partial charge in [-0.3, -0.25) is 19.2 Å². The number of hydrogen-bond acceptors (Lipinski definition) is 7. The van der Waals surface area contributed by atoms with Crippen LogP contribution in [-0.4, -0.2) is 97.2 Å². The Balaban J connectivity index is 1.98. The molecule has 5 N–H and O–H groups in total. The van der Waals surface area contributed by atoms with Gasteiger partial charge in [-0.25, -0.2) is 17.5 Å². The van der Waals surface area contributed by atoms with Gasteiger partial charge in [-0.15, -0.1) is 0 Å². The number of Topliss-reactive ketones (excluding diaryl/α,β-unsaturated/α-hetero) is 1. The Kier molecular flexibility index (Phi) is 16.5. The fourth-order valence-electron chi connectivity index (χ4n) is 8.28. The van der Waals surface area contributed by atoms with Crippen molar-refractivity contribution in [2.45, 2.75) is 136 Å². The zero-order valence-electron chi connectivity index (χ0n) is 33.6. The van der Waals surface area contributed by atoms with Gasteiger partial charge in [-0.1, -0.05) is 90.2 Å². The first-order valence-electron chi connectivity index (χ1n) is 19.8. The Morgan fingerprint density at radius 1 is 1.04 bits per heavy atom. The van der Waals surface area contributed by atoms with Gasteiger partial charge < -0.3 is 26.6 Å². The molecule has 0 radical (unpaired) electrons. The van der Waals surface area contributed by atoms with E-state index in [4.69, 9.17) is 5.73 Å². The van der Waals surface area contributed by atoms with Crippen molar-refractivity contribution in [3.8, 4) is 0 Å². The number of unbranched alkanes of at least 4 members (excludes halogenated alkanes) is 1. The number of carbonyl (C=O) groups is 5. The molecule has 3 rings (SSSR count). The number of primary amides is 1. The maximum atomic E-state index is 14.9. The van der Waals surface area contributed by atoms with Crippen LogP contribution < -0.4 is 21.7 Å². The number of carbonyl (C=O) groups excluding carboxylic acids is 5. The van der Waals surface area contributed by atoms with E-state index in [1.165, 1.54) is 16.3 Å². The van der Waals surface area contributed by atoms with Gasteiger partial charge in [-0.2, -0.15) is 0 Å². The monoisotopic (exact) mass is 774 g/mol. The normalized spacial score (nSPS) is 23.4. The van der Waals surface area contributed by atoms with E-state index in [1.54, 1.807) is 13.0 Å². The van der Waals surface area contributed by atoms with Gasteiger partial charge in [0.25, 0.3) is 5.91 Å². The Morgan fingerprint density at radius 2 is 1.70 bits per heavy atom. The number of hydrogen-bond donors (Lipinski definition) is 4. The smallest absolute Gasteiger partial charge is 0.315 e. The van der Waals surface area contributed by atoms with Crippen molar-refractivity contribution in [3.05, 3.63) is 36.0 Å². The molecule has 14 heteroatoms. The number of nitrogens with zero attached hydrogens (tertiary/aromatic N) is 2. The number of nitrogens with two attached hydrogens (primary N) is 1. The highest BCUT2D eigenvalue weighted by Crippen LogP contribution is 2.40. The van der Waals surface area contributed by atoms with Crippen LogP contribution in [0.25, 0.3) is 0 Å². The van der Waals surface area contributed by atoms with E-state index in [-0.39, 0.29) is 48.4 Å². The number of rotatable bonds is 19. The molecule has 1 saturated heterocycles. The maximum absolute atomic E-state index is 14.9. The average molecular weight is 775 g/mol. The minimum absolute atomic E-state index is 0.0266. The summed E-state index contributed by atoms with van der Waals surface area (Å²) in [6.07, 6.45) is 13.1. The van der Waals surface area contributed by atoms with Gasteiger partial charge in [0.2, 0.25) is 27.6 Å². The highest BCUT2D eigenvalue weighted by atomic mass is 32.2. The van der Waals surface area contributed by atoms with Crippen LogP contribution in [-0.2, 0) is 29.2 Å². The molecule has 2 unspecified atom stereocenters. The summed E-state index contributed by atoms with van der Waals surface area (Å²) in [5, 5.41) is 8.88. The van der Waals surface area contributed by atoms with Crippen molar-refractivity contribution in [1.29, 1.82) is 0 Å². The first-order chi connectivity index (χ1) is 25.4. The molecule has 13 nitrogen and oxygen atoms in total. The Hall–Kier alpha value is -3.52. The average Bonchev–Trinajstić information content (AvgIpc) is 3.74. The minimum Gasteiger partial charge on any atom is -0.363 e. The van der Waals surface area contributed by atoms with E-state index >= 15 is 0 Å². The van der Waals surface area contributed by atoms with E-state index in [2.05, 4.69) is 29.5 Å². The third kappa shape index (κ3) is 11.5. The van der Waals surface area contributed by atoms with Gasteiger partial charge in [-0.05, 0) is 81.1 Å². The number of urea groups is 1. The van der Waals surface area contributed by atoms with Gasteiger partial charge in [0.15, 0.2) is 0 Å². The van der Waals surface area contributed by atoms with Crippen molar-refractivity contribution in [3.63, 3.8) is 0 Å². The fraction of sp³-hybridized carbons (Fsp3) is 0.725. The molecule has 6 atom stereocenters. The largest absolute Gasteiger partial charge is 0.363 e. The molecule has 304 valence electrons. The number of amides is 5. The summed E-state index contributed by atoms with van der Waals surface area (Å²) in [5.41, 5.74) is 7.09. The van der Waals surface area contributed by atoms with E-state index in [1.807, 2.05) is 39.8 Å². The Labute approximate surface area is 323 Å². The van der Waals surface area contributed by atoms with Crippen LogP contribution in [0.15, 0.2) is 36.0 Å².